The molecule has 4 nitrogen and oxygen atoms in total. The maximum Gasteiger partial charge on any atom is 0.125 e. The number of nitrogens with two attached hydrogens (primary N) is 1. The zero-order chi connectivity index (χ0) is 13.4. The van der Waals surface area contributed by atoms with E-state index < -0.39 is 0 Å². The van der Waals surface area contributed by atoms with Gasteiger partial charge in [0.15, 0.2) is 0 Å². The average molecular weight is 265 g/mol. The second-order valence-electron chi connectivity index (χ2n) is 5.53. The minimum absolute atomic E-state index is 0.182. The molecule has 2 saturated heterocycles. The van der Waals surface area contributed by atoms with Gasteiger partial charge >= 0.3 is 0 Å². The number of piperazine rings is 1. The summed E-state index contributed by atoms with van der Waals surface area (Å²) in [5.41, 5.74) is 7.33. The molecule has 2 aliphatic rings. The van der Waals surface area contributed by atoms with Crippen LogP contribution >= 0.6 is 0 Å². The number of hydrogen-bond acceptors (Lipinski definition) is 4. The van der Waals surface area contributed by atoms with Gasteiger partial charge in [-0.3, -0.25) is 4.90 Å². The lowest BCUT2D eigenvalue weighted by Crippen LogP contribution is -2.57. The molecule has 5 heteroatoms. The first-order valence-electron chi connectivity index (χ1n) is 6.85. The molecule has 3 rings (SSSR count). The van der Waals surface area contributed by atoms with Crippen LogP contribution in [0.5, 0.6) is 0 Å². The highest BCUT2D eigenvalue weighted by Gasteiger charge is 2.32. The quantitative estimate of drug-likeness (QED) is 0.745. The van der Waals surface area contributed by atoms with Crippen LogP contribution in [0.4, 0.5) is 15.8 Å². The topological polar surface area (TPSA) is 52.7 Å². The van der Waals surface area contributed by atoms with Crippen molar-refractivity contribution in [2.45, 2.75) is 25.0 Å². The van der Waals surface area contributed by atoms with E-state index in [2.05, 4.69) is 9.80 Å². The predicted molar refractivity (Wildman–Crippen MR) is 73.6 cm³/mol. The molecule has 1 aromatic rings. The zero-order valence-corrected chi connectivity index (χ0v) is 10.9. The van der Waals surface area contributed by atoms with E-state index in [1.165, 1.54) is 12.1 Å². The summed E-state index contributed by atoms with van der Waals surface area (Å²) in [6.45, 7) is 3.48. The van der Waals surface area contributed by atoms with Crippen LogP contribution in [0.2, 0.25) is 0 Å². The molecule has 0 unspecified atom stereocenters. The Morgan fingerprint density at radius 1 is 1.21 bits per heavy atom. The summed E-state index contributed by atoms with van der Waals surface area (Å²) in [5, 5.41) is 9.69. The third-order valence-corrected chi connectivity index (χ3v) is 4.21. The second kappa shape index (κ2) is 4.98. The summed E-state index contributed by atoms with van der Waals surface area (Å²) in [6, 6.07) is 5.08. The van der Waals surface area contributed by atoms with Crippen molar-refractivity contribution in [3.8, 4) is 0 Å². The third kappa shape index (κ3) is 2.53. The molecule has 2 atom stereocenters. The van der Waals surface area contributed by atoms with E-state index in [1.54, 1.807) is 6.07 Å². The monoisotopic (exact) mass is 265 g/mol. The smallest absolute Gasteiger partial charge is 0.125 e. The van der Waals surface area contributed by atoms with E-state index in [0.29, 0.717) is 11.7 Å². The van der Waals surface area contributed by atoms with Crippen LogP contribution in [0.1, 0.15) is 12.8 Å². The lowest BCUT2D eigenvalue weighted by molar-refractivity contribution is 0.0298. The van der Waals surface area contributed by atoms with Crippen LogP contribution in [0.3, 0.4) is 0 Å². The van der Waals surface area contributed by atoms with Crippen molar-refractivity contribution in [3.05, 3.63) is 24.0 Å². The van der Waals surface area contributed by atoms with Crippen molar-refractivity contribution >= 4 is 11.4 Å². The normalized spacial score (nSPS) is 28.2. The first kappa shape index (κ1) is 12.7. The SMILES string of the molecule is Nc1cc(F)ccc1N1CCN2C[C@H](O)CC[C@H]2C1. The summed E-state index contributed by atoms with van der Waals surface area (Å²) in [7, 11) is 0. The fourth-order valence-electron chi connectivity index (χ4n) is 3.19. The predicted octanol–water partition coefficient (Wildman–Crippen LogP) is 1.05. The standard InChI is InChI=1S/C14H20FN3O/c15-10-1-4-14(13(16)7-10)18-6-5-17-9-12(19)3-2-11(17)8-18/h1,4,7,11-12,19H,2-3,5-6,8-9,16H2/t11-,12+/m0/s1. The van der Waals surface area contributed by atoms with Crippen molar-refractivity contribution in [3.63, 3.8) is 0 Å². The maximum atomic E-state index is 13.1. The van der Waals surface area contributed by atoms with E-state index in [-0.39, 0.29) is 11.9 Å². The number of benzene rings is 1. The second-order valence-corrected chi connectivity index (χ2v) is 5.53. The molecule has 0 saturated carbocycles. The number of aliphatic hydroxyl groups is 1. The number of aliphatic hydroxyl groups excluding tert-OH is 1. The first-order valence-corrected chi connectivity index (χ1v) is 6.85. The molecule has 0 aromatic heterocycles. The summed E-state index contributed by atoms with van der Waals surface area (Å²) in [4.78, 5) is 4.58. The van der Waals surface area contributed by atoms with Gasteiger partial charge in [-0.05, 0) is 31.0 Å². The highest BCUT2D eigenvalue weighted by Crippen LogP contribution is 2.29. The molecule has 0 radical (unpaired) electrons. The van der Waals surface area contributed by atoms with Gasteiger partial charge in [-0.2, -0.15) is 0 Å². The molecule has 0 bridgehead atoms. The molecule has 0 amide bonds. The highest BCUT2D eigenvalue weighted by atomic mass is 19.1. The number of halogens is 1. The molecule has 3 N–H and O–H groups in total. The van der Waals surface area contributed by atoms with E-state index in [0.717, 1.165) is 44.7 Å². The maximum absolute atomic E-state index is 13.1. The number of nitrogen functional groups attached to an aromatic ring is 1. The molecule has 0 spiro atoms. The fourth-order valence-corrected chi connectivity index (χ4v) is 3.19. The van der Waals surface area contributed by atoms with Crippen LogP contribution in [0.15, 0.2) is 18.2 Å². The van der Waals surface area contributed by atoms with Gasteiger partial charge in [-0.25, -0.2) is 4.39 Å². The minimum atomic E-state index is -0.291. The van der Waals surface area contributed by atoms with Gasteiger partial charge in [-0.1, -0.05) is 0 Å². The van der Waals surface area contributed by atoms with Gasteiger partial charge in [0.1, 0.15) is 5.82 Å². The van der Waals surface area contributed by atoms with Gasteiger partial charge in [-0.15, -0.1) is 0 Å². The van der Waals surface area contributed by atoms with Gasteiger partial charge in [0, 0.05) is 32.2 Å². The van der Waals surface area contributed by atoms with Crippen LogP contribution < -0.4 is 10.6 Å². The largest absolute Gasteiger partial charge is 0.397 e. The number of rotatable bonds is 1. The molecule has 104 valence electrons. The number of piperidine rings is 1. The van der Waals surface area contributed by atoms with Crippen molar-refractivity contribution in [2.75, 3.05) is 36.8 Å². The van der Waals surface area contributed by atoms with Crippen molar-refractivity contribution in [2.24, 2.45) is 0 Å². The molecular weight excluding hydrogens is 245 g/mol. The highest BCUT2D eigenvalue weighted by molar-refractivity contribution is 5.67. The van der Waals surface area contributed by atoms with Crippen LogP contribution in [0.25, 0.3) is 0 Å². The summed E-state index contributed by atoms with van der Waals surface area (Å²) in [5.74, 6) is -0.291. The van der Waals surface area contributed by atoms with E-state index in [9.17, 15) is 9.50 Å². The van der Waals surface area contributed by atoms with E-state index >= 15 is 0 Å². The van der Waals surface area contributed by atoms with Gasteiger partial charge in [0.05, 0.1) is 17.5 Å². The van der Waals surface area contributed by atoms with Crippen molar-refractivity contribution in [1.29, 1.82) is 0 Å². The molecule has 19 heavy (non-hydrogen) atoms. The molecule has 0 aliphatic carbocycles. The molecule has 2 fully saturated rings. The molecular formula is C14H20FN3O. The number of nitrogens with zero attached hydrogens (tertiary/aromatic N) is 2. The van der Waals surface area contributed by atoms with Gasteiger partial charge < -0.3 is 15.7 Å². The molecule has 2 heterocycles. The Bertz CT molecular complexity index is 468. The minimum Gasteiger partial charge on any atom is -0.397 e. The van der Waals surface area contributed by atoms with Crippen LogP contribution in [-0.2, 0) is 0 Å². The number of anilines is 2. The lowest BCUT2D eigenvalue weighted by atomic mass is 9.97. The number of fused-ring (bicyclic) bond motifs is 1. The fraction of sp³-hybridized carbons (Fsp3) is 0.571. The Balaban J connectivity index is 1.74. The Hall–Kier alpha value is -1.33. The molecule has 2 aliphatic heterocycles. The van der Waals surface area contributed by atoms with Crippen molar-refractivity contribution in [1.82, 2.24) is 4.90 Å². The Morgan fingerprint density at radius 3 is 2.84 bits per heavy atom. The third-order valence-electron chi connectivity index (χ3n) is 4.21. The Labute approximate surface area is 112 Å². The van der Waals surface area contributed by atoms with Gasteiger partial charge in [0.25, 0.3) is 0 Å². The average Bonchev–Trinajstić information content (AvgIpc) is 2.38. The Kier molecular flexibility index (Phi) is 3.33. The van der Waals surface area contributed by atoms with Crippen LogP contribution in [0, 0.1) is 5.82 Å². The van der Waals surface area contributed by atoms with Crippen LogP contribution in [-0.4, -0.2) is 48.3 Å². The van der Waals surface area contributed by atoms with Crippen molar-refractivity contribution < 1.29 is 9.50 Å². The zero-order valence-electron chi connectivity index (χ0n) is 10.9. The number of hydrogen-bond donors (Lipinski definition) is 2. The molecule has 1 aromatic carbocycles. The first-order chi connectivity index (χ1) is 9.13. The van der Waals surface area contributed by atoms with E-state index in [1.807, 2.05) is 0 Å². The Morgan fingerprint density at radius 2 is 2.05 bits per heavy atom. The summed E-state index contributed by atoms with van der Waals surface area (Å²) >= 11 is 0. The van der Waals surface area contributed by atoms with E-state index in [4.69, 9.17) is 5.73 Å². The lowest BCUT2D eigenvalue weighted by Gasteiger charge is -2.46. The van der Waals surface area contributed by atoms with Gasteiger partial charge in [0.2, 0.25) is 0 Å². The summed E-state index contributed by atoms with van der Waals surface area (Å²) < 4.78 is 13.1. The summed E-state index contributed by atoms with van der Waals surface area (Å²) in [6.07, 6.45) is 1.70.